The van der Waals surface area contributed by atoms with Crippen molar-refractivity contribution < 1.29 is 14.3 Å². The molecule has 2 heterocycles. The number of amides is 1. The van der Waals surface area contributed by atoms with E-state index in [1.165, 1.54) is 0 Å². The number of anilines is 1. The Bertz CT molecular complexity index is 597. The fourth-order valence-corrected chi connectivity index (χ4v) is 3.31. The van der Waals surface area contributed by atoms with E-state index < -0.39 is 0 Å². The number of carbonyl (C=O) groups excluding carboxylic acids is 1. The lowest BCUT2D eigenvalue weighted by atomic mass is 10.1. The summed E-state index contributed by atoms with van der Waals surface area (Å²) in [5.41, 5.74) is 0.563. The first-order valence-corrected chi connectivity index (χ1v) is 8.82. The van der Waals surface area contributed by atoms with Crippen LogP contribution in [0.4, 0.5) is 5.69 Å². The Labute approximate surface area is 147 Å². The molecule has 1 saturated heterocycles. The topological polar surface area (TPSA) is 62.8 Å². The second-order valence-electron chi connectivity index (χ2n) is 6.24. The molecule has 1 atom stereocenters. The van der Waals surface area contributed by atoms with Crippen LogP contribution < -0.4 is 20.1 Å². The van der Waals surface area contributed by atoms with Crippen molar-refractivity contribution >= 4 is 23.2 Å². The van der Waals surface area contributed by atoms with Gasteiger partial charge in [0.05, 0.1) is 30.5 Å². The van der Waals surface area contributed by atoms with E-state index in [4.69, 9.17) is 21.1 Å². The molecule has 1 amide bonds. The van der Waals surface area contributed by atoms with Crippen molar-refractivity contribution in [1.29, 1.82) is 0 Å². The van der Waals surface area contributed by atoms with Gasteiger partial charge in [0.1, 0.15) is 0 Å². The number of fused-ring (bicyclic) bond motifs is 1. The summed E-state index contributed by atoms with van der Waals surface area (Å²) in [6.45, 7) is 3.40. The van der Waals surface area contributed by atoms with Crippen molar-refractivity contribution in [2.24, 2.45) is 0 Å². The molecule has 1 aromatic carbocycles. The number of nitrogens with one attached hydrogen (secondary N) is 2. The van der Waals surface area contributed by atoms with Gasteiger partial charge in [-0.2, -0.15) is 0 Å². The maximum Gasteiger partial charge on any atom is 0.238 e. The van der Waals surface area contributed by atoms with Gasteiger partial charge in [0.25, 0.3) is 0 Å². The minimum Gasteiger partial charge on any atom is -0.490 e. The smallest absolute Gasteiger partial charge is 0.238 e. The summed E-state index contributed by atoms with van der Waals surface area (Å²) in [6, 6.07) is 3.90. The van der Waals surface area contributed by atoms with E-state index in [9.17, 15) is 4.79 Å². The third-order valence-corrected chi connectivity index (χ3v) is 4.70. The van der Waals surface area contributed by atoms with Crippen LogP contribution in [0.3, 0.4) is 0 Å². The molecule has 7 heteroatoms. The molecule has 1 unspecified atom stereocenters. The number of hydrogen-bond donors (Lipinski definition) is 2. The Balaban J connectivity index is 1.62. The Hall–Kier alpha value is -1.50. The van der Waals surface area contributed by atoms with E-state index in [1.54, 1.807) is 12.1 Å². The lowest BCUT2D eigenvalue weighted by Crippen LogP contribution is -2.46. The van der Waals surface area contributed by atoms with Gasteiger partial charge in [-0.3, -0.25) is 9.69 Å². The minimum absolute atomic E-state index is 0.0665. The van der Waals surface area contributed by atoms with Crippen LogP contribution in [-0.4, -0.2) is 56.7 Å². The number of benzene rings is 1. The van der Waals surface area contributed by atoms with Gasteiger partial charge in [0.15, 0.2) is 11.5 Å². The maximum absolute atomic E-state index is 12.4. The third-order valence-electron chi connectivity index (χ3n) is 4.39. The predicted octanol–water partition coefficient (Wildman–Crippen LogP) is 2.12. The number of hydrogen-bond acceptors (Lipinski definition) is 5. The van der Waals surface area contributed by atoms with Crippen LogP contribution in [0.2, 0.25) is 5.02 Å². The Morgan fingerprint density at radius 2 is 2.04 bits per heavy atom. The molecule has 3 rings (SSSR count). The molecule has 1 aromatic rings. The van der Waals surface area contributed by atoms with Gasteiger partial charge >= 0.3 is 0 Å². The monoisotopic (exact) mass is 353 g/mol. The fourth-order valence-electron chi connectivity index (χ4n) is 3.11. The first kappa shape index (κ1) is 17.3. The standard InChI is InChI=1S/C17H24ClN3O3/c1-19-12-4-2-5-21(10-12)11-17(22)20-14-9-16-15(8-13(14)18)23-6-3-7-24-16/h8-9,12,19H,2-7,10-11H2,1H3,(H,20,22). The van der Waals surface area contributed by atoms with E-state index >= 15 is 0 Å². The first-order valence-electron chi connectivity index (χ1n) is 8.44. The molecule has 24 heavy (non-hydrogen) atoms. The maximum atomic E-state index is 12.4. The Morgan fingerprint density at radius 3 is 2.79 bits per heavy atom. The van der Waals surface area contributed by atoms with Crippen molar-refractivity contribution in [3.05, 3.63) is 17.2 Å². The lowest BCUT2D eigenvalue weighted by molar-refractivity contribution is -0.117. The molecule has 0 spiro atoms. The quantitative estimate of drug-likeness (QED) is 0.868. The third kappa shape index (κ3) is 4.32. The van der Waals surface area contributed by atoms with Crippen molar-refractivity contribution in [2.75, 3.05) is 45.2 Å². The van der Waals surface area contributed by atoms with Crippen LogP contribution in [0.25, 0.3) is 0 Å². The largest absolute Gasteiger partial charge is 0.490 e. The van der Waals surface area contributed by atoms with Crippen molar-refractivity contribution in [3.63, 3.8) is 0 Å². The summed E-state index contributed by atoms with van der Waals surface area (Å²) in [4.78, 5) is 14.5. The molecule has 0 saturated carbocycles. The van der Waals surface area contributed by atoms with Gasteiger partial charge in [0, 0.05) is 31.1 Å². The van der Waals surface area contributed by atoms with Crippen LogP contribution in [0.5, 0.6) is 11.5 Å². The van der Waals surface area contributed by atoms with E-state index in [2.05, 4.69) is 15.5 Å². The van der Waals surface area contributed by atoms with Gasteiger partial charge in [-0.1, -0.05) is 11.6 Å². The number of halogens is 1. The summed E-state index contributed by atoms with van der Waals surface area (Å²) < 4.78 is 11.2. The molecule has 0 aromatic heterocycles. The summed E-state index contributed by atoms with van der Waals surface area (Å²) in [5.74, 6) is 1.19. The van der Waals surface area contributed by atoms with E-state index in [1.807, 2.05) is 7.05 Å². The van der Waals surface area contributed by atoms with Crippen LogP contribution in [0.1, 0.15) is 19.3 Å². The van der Waals surface area contributed by atoms with Gasteiger partial charge in [-0.05, 0) is 26.4 Å². The number of carbonyl (C=O) groups is 1. The second kappa shape index (κ2) is 8.05. The predicted molar refractivity (Wildman–Crippen MR) is 94.2 cm³/mol. The van der Waals surface area contributed by atoms with E-state index in [0.29, 0.717) is 48.0 Å². The lowest BCUT2D eigenvalue weighted by Gasteiger charge is -2.31. The van der Waals surface area contributed by atoms with Crippen molar-refractivity contribution in [1.82, 2.24) is 10.2 Å². The number of rotatable bonds is 4. The number of ether oxygens (including phenoxy) is 2. The number of likely N-dealkylation sites (tertiary alicyclic amines) is 1. The molecule has 6 nitrogen and oxygen atoms in total. The molecular formula is C17H24ClN3O3. The molecule has 0 aliphatic carbocycles. The summed E-state index contributed by atoms with van der Waals surface area (Å²) in [7, 11) is 1.96. The van der Waals surface area contributed by atoms with Gasteiger partial charge in [-0.15, -0.1) is 0 Å². The van der Waals surface area contributed by atoms with E-state index in [0.717, 1.165) is 32.4 Å². The van der Waals surface area contributed by atoms with E-state index in [-0.39, 0.29) is 5.91 Å². The van der Waals surface area contributed by atoms with Crippen LogP contribution in [0, 0.1) is 0 Å². The summed E-state index contributed by atoms with van der Waals surface area (Å²) >= 11 is 6.27. The highest BCUT2D eigenvalue weighted by molar-refractivity contribution is 6.34. The normalized spacial score (nSPS) is 21.2. The van der Waals surface area contributed by atoms with Crippen molar-refractivity contribution in [2.45, 2.75) is 25.3 Å². The van der Waals surface area contributed by atoms with Crippen LogP contribution in [-0.2, 0) is 4.79 Å². The number of nitrogens with zero attached hydrogens (tertiary/aromatic N) is 1. The van der Waals surface area contributed by atoms with Crippen LogP contribution in [0.15, 0.2) is 12.1 Å². The fraction of sp³-hybridized carbons (Fsp3) is 0.588. The summed E-state index contributed by atoms with van der Waals surface area (Å²) in [5, 5.41) is 6.63. The van der Waals surface area contributed by atoms with Crippen molar-refractivity contribution in [3.8, 4) is 11.5 Å². The molecule has 0 radical (unpaired) electrons. The molecule has 132 valence electrons. The average Bonchev–Trinajstić information content (AvgIpc) is 2.80. The molecule has 2 N–H and O–H groups in total. The van der Waals surface area contributed by atoms with Crippen LogP contribution >= 0.6 is 11.6 Å². The zero-order chi connectivity index (χ0) is 16.9. The molecule has 2 aliphatic heterocycles. The van der Waals surface area contributed by atoms with Gasteiger partial charge < -0.3 is 20.1 Å². The molecule has 2 aliphatic rings. The Morgan fingerprint density at radius 1 is 1.29 bits per heavy atom. The minimum atomic E-state index is -0.0665. The zero-order valence-corrected chi connectivity index (χ0v) is 14.7. The highest BCUT2D eigenvalue weighted by Crippen LogP contribution is 2.37. The highest BCUT2D eigenvalue weighted by Gasteiger charge is 2.21. The molecular weight excluding hydrogens is 330 g/mol. The molecule has 1 fully saturated rings. The second-order valence-corrected chi connectivity index (χ2v) is 6.65. The average molecular weight is 354 g/mol. The molecule has 0 bridgehead atoms. The first-order chi connectivity index (χ1) is 11.7. The summed E-state index contributed by atoms with van der Waals surface area (Å²) in [6.07, 6.45) is 3.09. The number of likely N-dealkylation sites (N-methyl/N-ethyl adjacent to an activating group) is 1. The SMILES string of the molecule is CNC1CCCN(CC(=O)Nc2cc3c(cc2Cl)OCCCO3)C1. The van der Waals surface area contributed by atoms with Gasteiger partial charge in [-0.25, -0.2) is 0 Å². The number of piperidine rings is 1. The Kier molecular flexibility index (Phi) is 5.81. The van der Waals surface area contributed by atoms with Gasteiger partial charge in [0.2, 0.25) is 5.91 Å². The highest BCUT2D eigenvalue weighted by atomic mass is 35.5. The zero-order valence-electron chi connectivity index (χ0n) is 13.9.